The third-order valence-electron chi connectivity index (χ3n) is 2.44. The van der Waals surface area contributed by atoms with Gasteiger partial charge in [0.25, 0.3) is 0 Å². The first kappa shape index (κ1) is 14.9. The van der Waals surface area contributed by atoms with Gasteiger partial charge in [-0.3, -0.25) is 4.79 Å². The standard InChI is InChI=1S/C13H14BrN3O2S/c1-8-6-12(17-19-8)16-13(18)4-5-20-11-3-2-9(15)7-10(11)14/h2-3,6-7H,4-5,15H2,1H3,(H,16,17,18). The van der Waals surface area contributed by atoms with Gasteiger partial charge in [0.15, 0.2) is 5.82 Å². The van der Waals surface area contributed by atoms with E-state index in [0.717, 1.165) is 9.37 Å². The fourth-order valence-corrected chi connectivity index (χ4v) is 3.13. The topological polar surface area (TPSA) is 81.2 Å². The van der Waals surface area contributed by atoms with Gasteiger partial charge >= 0.3 is 0 Å². The number of carbonyl (C=O) groups excluding carboxylic acids is 1. The molecule has 3 N–H and O–H groups in total. The summed E-state index contributed by atoms with van der Waals surface area (Å²) in [4.78, 5) is 12.8. The van der Waals surface area contributed by atoms with Crippen molar-refractivity contribution in [3.05, 3.63) is 34.5 Å². The Kier molecular flexibility index (Phi) is 5.08. The van der Waals surface area contributed by atoms with Crippen LogP contribution in [0.2, 0.25) is 0 Å². The van der Waals surface area contributed by atoms with Gasteiger partial charge in [0, 0.05) is 33.3 Å². The molecule has 2 rings (SSSR count). The van der Waals surface area contributed by atoms with Crippen LogP contribution in [0.15, 0.2) is 38.2 Å². The molecule has 0 aliphatic heterocycles. The first-order valence-electron chi connectivity index (χ1n) is 5.95. The third-order valence-corrected chi connectivity index (χ3v) is 4.43. The number of aryl methyl sites for hydroxylation is 1. The maximum atomic E-state index is 11.7. The molecule has 0 fully saturated rings. The summed E-state index contributed by atoms with van der Waals surface area (Å²) in [6.45, 7) is 1.77. The number of nitrogens with one attached hydrogen (secondary N) is 1. The first-order valence-corrected chi connectivity index (χ1v) is 7.73. The molecule has 0 aliphatic rings. The number of halogens is 1. The molecule has 20 heavy (non-hydrogen) atoms. The van der Waals surface area contributed by atoms with Crippen LogP contribution in [0.25, 0.3) is 0 Å². The number of hydrogen-bond donors (Lipinski definition) is 2. The van der Waals surface area contributed by atoms with Crippen LogP contribution < -0.4 is 11.1 Å². The van der Waals surface area contributed by atoms with Crippen molar-refractivity contribution in [1.29, 1.82) is 0 Å². The smallest absolute Gasteiger partial charge is 0.226 e. The summed E-state index contributed by atoms with van der Waals surface area (Å²) in [6, 6.07) is 7.30. The van der Waals surface area contributed by atoms with E-state index in [1.54, 1.807) is 24.8 Å². The van der Waals surface area contributed by atoms with Gasteiger partial charge in [-0.25, -0.2) is 0 Å². The summed E-state index contributed by atoms with van der Waals surface area (Å²) in [5.74, 6) is 1.70. The number of nitrogens with zero attached hydrogens (tertiary/aromatic N) is 1. The summed E-state index contributed by atoms with van der Waals surface area (Å²) >= 11 is 5.04. The Bertz CT molecular complexity index is 615. The Morgan fingerprint density at radius 2 is 2.30 bits per heavy atom. The average molecular weight is 356 g/mol. The molecule has 0 saturated heterocycles. The van der Waals surface area contributed by atoms with Crippen molar-refractivity contribution in [3.63, 3.8) is 0 Å². The minimum atomic E-state index is -0.0858. The number of nitrogen functional groups attached to an aromatic ring is 1. The van der Waals surface area contributed by atoms with Gasteiger partial charge in [0.05, 0.1) is 0 Å². The van der Waals surface area contributed by atoms with E-state index in [1.165, 1.54) is 0 Å². The molecule has 7 heteroatoms. The van der Waals surface area contributed by atoms with E-state index in [4.69, 9.17) is 10.3 Å². The number of nitrogens with two attached hydrogens (primary N) is 1. The molecule has 1 amide bonds. The van der Waals surface area contributed by atoms with Crippen LogP contribution in [0.3, 0.4) is 0 Å². The summed E-state index contributed by atoms with van der Waals surface area (Å²) < 4.78 is 5.82. The van der Waals surface area contributed by atoms with Gasteiger partial charge in [-0.2, -0.15) is 0 Å². The van der Waals surface area contributed by atoms with Crippen molar-refractivity contribution in [3.8, 4) is 0 Å². The minimum Gasteiger partial charge on any atom is -0.399 e. The fourth-order valence-electron chi connectivity index (χ4n) is 1.52. The van der Waals surface area contributed by atoms with Gasteiger partial charge in [-0.1, -0.05) is 5.16 Å². The quantitative estimate of drug-likeness (QED) is 0.634. The van der Waals surface area contributed by atoms with Gasteiger partial charge in [-0.15, -0.1) is 11.8 Å². The SMILES string of the molecule is Cc1cc(NC(=O)CCSc2ccc(N)cc2Br)no1. The van der Waals surface area contributed by atoms with Crippen LogP contribution >= 0.6 is 27.7 Å². The number of rotatable bonds is 5. The van der Waals surface area contributed by atoms with Gasteiger partial charge < -0.3 is 15.6 Å². The Balaban J connectivity index is 1.79. The van der Waals surface area contributed by atoms with Crippen LogP contribution in [0.5, 0.6) is 0 Å². The Morgan fingerprint density at radius 3 is 2.95 bits per heavy atom. The van der Waals surface area contributed by atoms with Crippen molar-refractivity contribution >= 4 is 45.1 Å². The number of thioether (sulfide) groups is 1. The van der Waals surface area contributed by atoms with E-state index in [-0.39, 0.29) is 5.91 Å². The molecule has 0 unspecified atom stereocenters. The van der Waals surface area contributed by atoms with Crippen LogP contribution in [-0.2, 0) is 4.79 Å². The lowest BCUT2D eigenvalue weighted by atomic mass is 10.3. The van der Waals surface area contributed by atoms with Crippen molar-refractivity contribution in [1.82, 2.24) is 5.16 Å². The number of benzene rings is 1. The second-order valence-electron chi connectivity index (χ2n) is 4.16. The van der Waals surface area contributed by atoms with E-state index >= 15 is 0 Å². The molecule has 5 nitrogen and oxygen atoms in total. The Morgan fingerprint density at radius 1 is 1.50 bits per heavy atom. The van der Waals surface area contributed by atoms with E-state index in [9.17, 15) is 4.79 Å². The molecular formula is C13H14BrN3O2S. The van der Waals surface area contributed by atoms with Gasteiger partial charge in [-0.05, 0) is 41.1 Å². The van der Waals surface area contributed by atoms with Gasteiger partial charge in [0.1, 0.15) is 5.76 Å². The maximum absolute atomic E-state index is 11.7. The van der Waals surface area contributed by atoms with Crippen molar-refractivity contribution in [2.75, 3.05) is 16.8 Å². The highest BCUT2D eigenvalue weighted by Crippen LogP contribution is 2.29. The molecule has 0 bridgehead atoms. The van der Waals surface area contributed by atoms with Crippen molar-refractivity contribution in [2.45, 2.75) is 18.2 Å². The molecular weight excluding hydrogens is 342 g/mol. The monoisotopic (exact) mass is 355 g/mol. The van der Waals surface area contributed by atoms with Crippen molar-refractivity contribution in [2.24, 2.45) is 0 Å². The molecule has 0 aliphatic carbocycles. The zero-order chi connectivity index (χ0) is 14.5. The van der Waals surface area contributed by atoms with E-state index in [0.29, 0.717) is 29.4 Å². The Hall–Kier alpha value is -1.47. The third kappa shape index (κ3) is 4.28. The van der Waals surface area contributed by atoms with Crippen LogP contribution in [0.1, 0.15) is 12.2 Å². The molecule has 0 radical (unpaired) electrons. The summed E-state index contributed by atoms with van der Waals surface area (Å²) in [5, 5.41) is 6.39. The van der Waals surface area contributed by atoms with E-state index < -0.39 is 0 Å². The lowest BCUT2D eigenvalue weighted by Gasteiger charge is -2.05. The molecule has 0 spiro atoms. The zero-order valence-electron chi connectivity index (χ0n) is 10.9. The molecule has 0 atom stereocenters. The highest BCUT2D eigenvalue weighted by atomic mass is 79.9. The number of hydrogen-bond acceptors (Lipinski definition) is 5. The Labute approximate surface area is 129 Å². The predicted octanol–water partition coefficient (Wildman–Crippen LogP) is 3.45. The zero-order valence-corrected chi connectivity index (χ0v) is 13.3. The highest BCUT2D eigenvalue weighted by Gasteiger charge is 2.07. The fraction of sp³-hybridized carbons (Fsp3) is 0.231. The summed E-state index contributed by atoms with van der Waals surface area (Å²) in [6.07, 6.45) is 0.396. The molecule has 106 valence electrons. The lowest BCUT2D eigenvalue weighted by Crippen LogP contribution is -2.12. The van der Waals surface area contributed by atoms with E-state index in [2.05, 4.69) is 26.4 Å². The lowest BCUT2D eigenvalue weighted by molar-refractivity contribution is -0.115. The second kappa shape index (κ2) is 6.81. The molecule has 2 aromatic rings. The number of anilines is 2. The average Bonchev–Trinajstić information content (AvgIpc) is 2.77. The number of aromatic nitrogens is 1. The second-order valence-corrected chi connectivity index (χ2v) is 6.15. The molecule has 1 aromatic carbocycles. The largest absolute Gasteiger partial charge is 0.399 e. The summed E-state index contributed by atoms with van der Waals surface area (Å²) in [7, 11) is 0. The highest BCUT2D eigenvalue weighted by molar-refractivity contribution is 9.10. The number of amides is 1. The van der Waals surface area contributed by atoms with Crippen LogP contribution in [-0.4, -0.2) is 16.8 Å². The molecule has 1 aromatic heterocycles. The minimum absolute atomic E-state index is 0.0858. The summed E-state index contributed by atoms with van der Waals surface area (Å²) in [5.41, 5.74) is 6.38. The number of carbonyl (C=O) groups is 1. The molecule has 1 heterocycles. The first-order chi connectivity index (χ1) is 9.54. The van der Waals surface area contributed by atoms with Crippen LogP contribution in [0.4, 0.5) is 11.5 Å². The van der Waals surface area contributed by atoms with Gasteiger partial charge in [0.2, 0.25) is 5.91 Å². The normalized spacial score (nSPS) is 10.5. The van der Waals surface area contributed by atoms with Crippen LogP contribution in [0, 0.1) is 6.92 Å². The predicted molar refractivity (Wildman–Crippen MR) is 83.8 cm³/mol. The molecule has 0 saturated carbocycles. The van der Waals surface area contributed by atoms with E-state index in [1.807, 2.05) is 18.2 Å². The van der Waals surface area contributed by atoms with Crippen molar-refractivity contribution < 1.29 is 9.32 Å². The maximum Gasteiger partial charge on any atom is 0.226 e.